The first-order chi connectivity index (χ1) is 12.7. The first kappa shape index (κ1) is 18.5. The van der Waals surface area contributed by atoms with Crippen molar-refractivity contribution in [1.29, 1.82) is 0 Å². The van der Waals surface area contributed by atoms with Crippen molar-refractivity contribution in [3.8, 4) is 5.75 Å². The van der Waals surface area contributed by atoms with Crippen LogP contribution in [0.1, 0.15) is 28.1 Å². The Hall–Kier alpha value is -2.34. The minimum absolute atomic E-state index is 0.0138. The van der Waals surface area contributed by atoms with Gasteiger partial charge in [-0.15, -0.1) is 11.3 Å². The zero-order valence-corrected chi connectivity index (χ0v) is 15.8. The average molecular weight is 372 g/mol. The van der Waals surface area contributed by atoms with Crippen LogP contribution < -0.4 is 10.1 Å². The van der Waals surface area contributed by atoms with E-state index in [2.05, 4.69) is 5.32 Å². The molecular weight excluding hydrogens is 348 g/mol. The molecule has 1 aromatic carbocycles. The molecule has 0 spiro atoms. The van der Waals surface area contributed by atoms with Crippen molar-refractivity contribution in [3.05, 3.63) is 52.2 Å². The number of hydrogen-bond donors (Lipinski definition) is 1. The van der Waals surface area contributed by atoms with Crippen molar-refractivity contribution in [2.75, 3.05) is 26.7 Å². The molecule has 1 fully saturated rings. The van der Waals surface area contributed by atoms with Crippen molar-refractivity contribution in [2.24, 2.45) is 5.92 Å². The number of nitrogens with one attached hydrogen (secondary N) is 1. The molecule has 2 aromatic rings. The van der Waals surface area contributed by atoms with E-state index in [-0.39, 0.29) is 17.7 Å². The molecule has 26 heavy (non-hydrogen) atoms. The third-order valence-electron chi connectivity index (χ3n) is 4.77. The number of amides is 2. The number of piperidine rings is 1. The van der Waals surface area contributed by atoms with Gasteiger partial charge < -0.3 is 15.0 Å². The van der Waals surface area contributed by atoms with Crippen molar-refractivity contribution in [3.63, 3.8) is 0 Å². The molecule has 0 aliphatic carbocycles. The Morgan fingerprint density at radius 3 is 2.65 bits per heavy atom. The topological polar surface area (TPSA) is 58.6 Å². The lowest BCUT2D eigenvalue weighted by atomic mass is 9.95. The number of para-hydroxylation sites is 1. The molecule has 0 saturated carbocycles. The van der Waals surface area contributed by atoms with Gasteiger partial charge in [0, 0.05) is 25.6 Å². The second-order valence-electron chi connectivity index (χ2n) is 6.40. The number of carbonyl (C=O) groups is 2. The van der Waals surface area contributed by atoms with Gasteiger partial charge in [-0.1, -0.05) is 24.3 Å². The lowest BCUT2D eigenvalue weighted by Crippen LogP contribution is -2.43. The van der Waals surface area contributed by atoms with E-state index in [9.17, 15) is 9.59 Å². The van der Waals surface area contributed by atoms with E-state index >= 15 is 0 Å². The number of nitrogens with zero attached hydrogens (tertiary/aromatic N) is 1. The number of methoxy groups -OCH3 is 1. The number of likely N-dealkylation sites (tertiary alicyclic amines) is 1. The number of thiophene rings is 1. The number of ether oxygens (including phenoxy) is 1. The van der Waals surface area contributed by atoms with Gasteiger partial charge in [-0.25, -0.2) is 0 Å². The summed E-state index contributed by atoms with van der Waals surface area (Å²) in [7, 11) is 1.66. The molecule has 0 atom stereocenters. The number of benzene rings is 1. The predicted octanol–water partition coefficient (Wildman–Crippen LogP) is 2.97. The fourth-order valence-electron chi connectivity index (χ4n) is 3.28. The Bertz CT molecular complexity index is 737. The quantitative estimate of drug-likeness (QED) is 0.848. The number of carbonyl (C=O) groups excluding carboxylic acids is 2. The highest BCUT2D eigenvalue weighted by Crippen LogP contribution is 2.21. The summed E-state index contributed by atoms with van der Waals surface area (Å²) in [4.78, 5) is 27.4. The molecule has 1 saturated heterocycles. The summed E-state index contributed by atoms with van der Waals surface area (Å²) in [6, 6.07) is 11.6. The van der Waals surface area contributed by atoms with E-state index in [1.54, 1.807) is 7.11 Å². The Labute approximate surface area is 158 Å². The zero-order chi connectivity index (χ0) is 18.4. The summed E-state index contributed by atoms with van der Waals surface area (Å²) >= 11 is 1.46. The first-order valence-corrected chi connectivity index (χ1v) is 9.79. The average Bonchev–Trinajstić information content (AvgIpc) is 3.22. The van der Waals surface area contributed by atoms with Gasteiger partial charge in [-0.05, 0) is 42.3 Å². The van der Waals surface area contributed by atoms with Crippen molar-refractivity contribution in [2.45, 2.75) is 19.3 Å². The number of hydrogen-bond acceptors (Lipinski definition) is 4. The minimum Gasteiger partial charge on any atom is -0.496 e. The third kappa shape index (κ3) is 4.43. The lowest BCUT2D eigenvalue weighted by Gasteiger charge is -2.31. The van der Waals surface area contributed by atoms with Crippen molar-refractivity contribution >= 4 is 23.2 Å². The summed E-state index contributed by atoms with van der Waals surface area (Å²) in [5.41, 5.74) is 1.09. The maximum atomic E-state index is 12.4. The van der Waals surface area contributed by atoms with Crippen molar-refractivity contribution in [1.82, 2.24) is 10.2 Å². The van der Waals surface area contributed by atoms with Crippen molar-refractivity contribution < 1.29 is 14.3 Å². The van der Waals surface area contributed by atoms with Crippen LogP contribution in [0.5, 0.6) is 5.75 Å². The van der Waals surface area contributed by atoms with Crippen LogP contribution >= 0.6 is 11.3 Å². The Morgan fingerprint density at radius 2 is 1.96 bits per heavy atom. The second kappa shape index (κ2) is 8.85. The first-order valence-electron chi connectivity index (χ1n) is 8.91. The van der Waals surface area contributed by atoms with Crippen LogP contribution in [0, 0.1) is 5.92 Å². The van der Waals surface area contributed by atoms with Gasteiger partial charge in [0.1, 0.15) is 5.75 Å². The van der Waals surface area contributed by atoms with Gasteiger partial charge >= 0.3 is 0 Å². The molecule has 1 N–H and O–H groups in total. The van der Waals surface area contributed by atoms with Gasteiger partial charge in [0.25, 0.3) is 5.91 Å². The molecule has 1 aliphatic rings. The number of rotatable bonds is 6. The van der Waals surface area contributed by atoms with Crippen LogP contribution in [0.2, 0.25) is 0 Å². The molecule has 138 valence electrons. The molecule has 5 nitrogen and oxygen atoms in total. The molecule has 2 amide bonds. The third-order valence-corrected chi connectivity index (χ3v) is 5.63. The predicted molar refractivity (Wildman–Crippen MR) is 103 cm³/mol. The molecule has 3 rings (SSSR count). The van der Waals surface area contributed by atoms with E-state index in [1.807, 2.05) is 46.7 Å². The van der Waals surface area contributed by atoms with E-state index in [0.29, 0.717) is 19.6 Å². The standard InChI is InChI=1S/C20H24N2O3S/c1-25-17-6-3-2-5-15(17)8-11-21-19(23)16-9-12-22(13-10-16)20(24)18-7-4-14-26-18/h2-7,14,16H,8-13H2,1H3,(H,21,23). The van der Waals surface area contributed by atoms with Crippen LogP contribution in [0.25, 0.3) is 0 Å². The van der Waals surface area contributed by atoms with Gasteiger partial charge in [-0.2, -0.15) is 0 Å². The van der Waals surface area contributed by atoms with E-state index in [4.69, 9.17) is 4.74 Å². The maximum Gasteiger partial charge on any atom is 0.263 e. The summed E-state index contributed by atoms with van der Waals surface area (Å²) < 4.78 is 5.33. The molecule has 2 heterocycles. The fourth-order valence-corrected chi connectivity index (χ4v) is 3.97. The fraction of sp³-hybridized carbons (Fsp3) is 0.400. The van der Waals surface area contributed by atoms with E-state index in [1.165, 1.54) is 11.3 Å². The molecule has 6 heteroatoms. The Morgan fingerprint density at radius 1 is 1.19 bits per heavy atom. The molecular formula is C20H24N2O3S. The SMILES string of the molecule is COc1ccccc1CCNC(=O)C1CCN(C(=O)c2cccs2)CC1. The van der Waals surface area contributed by atoms with Crippen LogP contribution in [0.4, 0.5) is 0 Å². The highest BCUT2D eigenvalue weighted by molar-refractivity contribution is 7.12. The smallest absolute Gasteiger partial charge is 0.263 e. The summed E-state index contributed by atoms with van der Waals surface area (Å²) in [5.74, 6) is 1.00. The second-order valence-corrected chi connectivity index (χ2v) is 7.34. The Kier molecular flexibility index (Phi) is 6.28. The van der Waals surface area contributed by atoms with Gasteiger partial charge in [0.2, 0.25) is 5.91 Å². The van der Waals surface area contributed by atoms with E-state index in [0.717, 1.165) is 35.5 Å². The van der Waals surface area contributed by atoms with Crippen LogP contribution in [0.3, 0.4) is 0 Å². The lowest BCUT2D eigenvalue weighted by molar-refractivity contribution is -0.126. The normalized spacial score (nSPS) is 14.9. The molecule has 1 aromatic heterocycles. The highest BCUT2D eigenvalue weighted by atomic mass is 32.1. The minimum atomic E-state index is -0.0138. The van der Waals surface area contributed by atoms with Gasteiger partial charge in [-0.3, -0.25) is 9.59 Å². The highest BCUT2D eigenvalue weighted by Gasteiger charge is 2.27. The van der Waals surface area contributed by atoms with Gasteiger partial charge in [0.05, 0.1) is 12.0 Å². The summed E-state index contributed by atoms with van der Waals surface area (Å²) in [5, 5.41) is 4.94. The zero-order valence-electron chi connectivity index (χ0n) is 14.9. The van der Waals surface area contributed by atoms with Crippen LogP contribution in [-0.2, 0) is 11.2 Å². The Balaban J connectivity index is 1.43. The van der Waals surface area contributed by atoms with Crippen LogP contribution in [-0.4, -0.2) is 43.5 Å². The molecule has 0 radical (unpaired) electrons. The maximum absolute atomic E-state index is 12.4. The van der Waals surface area contributed by atoms with Gasteiger partial charge in [0.15, 0.2) is 0 Å². The van der Waals surface area contributed by atoms with Crippen LogP contribution in [0.15, 0.2) is 41.8 Å². The molecule has 0 unspecified atom stereocenters. The summed E-state index contributed by atoms with van der Waals surface area (Å²) in [6.07, 6.45) is 2.18. The summed E-state index contributed by atoms with van der Waals surface area (Å²) in [6.45, 7) is 1.87. The monoisotopic (exact) mass is 372 g/mol. The molecule has 1 aliphatic heterocycles. The van der Waals surface area contributed by atoms with E-state index < -0.39 is 0 Å². The molecule has 0 bridgehead atoms. The largest absolute Gasteiger partial charge is 0.496 e.